The molecule has 2 aliphatic heterocycles. The topological polar surface area (TPSA) is 154 Å². The van der Waals surface area contributed by atoms with Crippen molar-refractivity contribution in [2.45, 2.75) is 46.8 Å². The van der Waals surface area contributed by atoms with Crippen molar-refractivity contribution in [1.29, 1.82) is 0 Å². The Morgan fingerprint density at radius 3 is 2.56 bits per heavy atom. The van der Waals surface area contributed by atoms with Crippen LogP contribution in [0.1, 0.15) is 50.1 Å². The van der Waals surface area contributed by atoms with Crippen molar-refractivity contribution in [3.05, 3.63) is 28.8 Å². The van der Waals surface area contributed by atoms with E-state index in [1.165, 1.54) is 33.8 Å². The number of thiazole rings is 1. The summed E-state index contributed by atoms with van der Waals surface area (Å²) in [6.45, 7) is 7.80. The molecule has 12 heteroatoms. The summed E-state index contributed by atoms with van der Waals surface area (Å²) >= 11 is 1.27. The zero-order valence-corrected chi connectivity index (χ0v) is 20.2. The molecule has 4 rings (SSSR count). The molecule has 0 radical (unpaired) electrons. The minimum absolute atomic E-state index is 0.0318. The van der Waals surface area contributed by atoms with Gasteiger partial charge in [-0.3, -0.25) is 18.8 Å². The van der Waals surface area contributed by atoms with Crippen molar-refractivity contribution in [3.8, 4) is 0 Å². The van der Waals surface area contributed by atoms with E-state index in [0.29, 0.717) is 15.3 Å². The van der Waals surface area contributed by atoms with Crippen LogP contribution < -0.4 is 5.73 Å². The Morgan fingerprint density at radius 2 is 1.97 bits per heavy atom. The molecule has 0 aliphatic carbocycles. The van der Waals surface area contributed by atoms with Gasteiger partial charge in [0, 0.05) is 17.7 Å². The Kier molecular flexibility index (Phi) is 5.76. The maximum Gasteiger partial charge on any atom is 0.358 e. The zero-order valence-electron chi connectivity index (χ0n) is 19.4. The van der Waals surface area contributed by atoms with Gasteiger partial charge in [0.2, 0.25) is 18.5 Å². The summed E-state index contributed by atoms with van der Waals surface area (Å²) in [5.74, 6) is -3.39. The third kappa shape index (κ3) is 3.66. The second kappa shape index (κ2) is 8.20. The fraction of sp³-hybridized carbons (Fsp3) is 0.500. The molecular formula is C22H26N4O7S. The van der Waals surface area contributed by atoms with Gasteiger partial charge in [0.05, 0.1) is 34.6 Å². The zero-order chi connectivity index (χ0) is 25.1. The number of nitrogens with two attached hydrogens (primary N) is 1. The lowest BCUT2D eigenvalue weighted by Crippen LogP contribution is -2.63. The van der Waals surface area contributed by atoms with Crippen molar-refractivity contribution in [2.24, 2.45) is 23.0 Å². The first-order valence-corrected chi connectivity index (χ1v) is 11.5. The lowest BCUT2D eigenvalue weighted by molar-refractivity contribution is -0.175. The number of aromatic nitrogens is 2. The van der Waals surface area contributed by atoms with Gasteiger partial charge in [0.25, 0.3) is 5.91 Å². The number of amides is 2. The smallest absolute Gasteiger partial charge is 0.358 e. The molecule has 3 N–H and O–H groups in total. The number of aliphatic hydroxyl groups excluding tert-OH is 1. The van der Waals surface area contributed by atoms with E-state index >= 15 is 0 Å². The number of esters is 2. The molecule has 11 nitrogen and oxygen atoms in total. The average molecular weight is 491 g/mol. The van der Waals surface area contributed by atoms with Crippen molar-refractivity contribution >= 4 is 45.5 Å². The van der Waals surface area contributed by atoms with E-state index in [0.717, 1.165) is 0 Å². The van der Waals surface area contributed by atoms with Gasteiger partial charge in [-0.05, 0) is 27.7 Å². The van der Waals surface area contributed by atoms with Crippen molar-refractivity contribution in [1.82, 2.24) is 14.3 Å². The quantitative estimate of drug-likeness (QED) is 0.347. The van der Waals surface area contributed by atoms with Crippen LogP contribution in [0.25, 0.3) is 10.4 Å². The number of imidazole rings is 1. The first kappa shape index (κ1) is 23.9. The summed E-state index contributed by atoms with van der Waals surface area (Å²) in [5.41, 5.74) is 5.20. The maximum absolute atomic E-state index is 13.1. The predicted molar refractivity (Wildman–Crippen MR) is 120 cm³/mol. The number of carbonyl (C=O) groups excluding carboxylic acids is 4. The van der Waals surface area contributed by atoms with Gasteiger partial charge in [-0.25, -0.2) is 9.78 Å². The Hall–Kier alpha value is -3.25. The summed E-state index contributed by atoms with van der Waals surface area (Å²) in [4.78, 5) is 56.3. The minimum Gasteiger partial charge on any atom is -0.427 e. The number of rotatable bonds is 6. The highest BCUT2D eigenvalue weighted by Gasteiger charge is 2.60. The highest BCUT2D eigenvalue weighted by molar-refractivity contribution is 7.18. The molecule has 34 heavy (non-hydrogen) atoms. The number of β-lactam (4-membered cyclic amide) rings is 1. The summed E-state index contributed by atoms with van der Waals surface area (Å²) in [5, 5.41) is 10.1. The largest absolute Gasteiger partial charge is 0.427 e. The van der Waals surface area contributed by atoms with E-state index in [1.807, 2.05) is 6.92 Å². The fourth-order valence-electron chi connectivity index (χ4n) is 4.41. The van der Waals surface area contributed by atoms with Crippen LogP contribution in [0, 0.1) is 17.3 Å². The molecule has 0 unspecified atom stereocenters. The molecule has 0 bridgehead atoms. The molecule has 0 saturated carbocycles. The molecule has 0 spiro atoms. The van der Waals surface area contributed by atoms with Crippen molar-refractivity contribution in [3.63, 3.8) is 0 Å². The number of nitrogens with zero attached hydrogens (tertiary/aromatic N) is 3. The minimum atomic E-state index is -0.898. The number of fused-ring (bicyclic) bond motifs is 2. The molecule has 2 aromatic heterocycles. The third-order valence-corrected chi connectivity index (χ3v) is 7.12. The predicted octanol–water partition coefficient (Wildman–Crippen LogP) is 1.15. The number of hydrogen-bond donors (Lipinski definition) is 2. The molecule has 2 amide bonds. The molecule has 2 aromatic rings. The van der Waals surface area contributed by atoms with Gasteiger partial charge >= 0.3 is 11.9 Å². The highest BCUT2D eigenvalue weighted by atomic mass is 32.1. The SMILES string of the molecule is C[C@@H](O)[C@H]1C(=O)N2C(C(=O)OCOC(=O)C(C)(C)C)=C(c3cn4c(C(N)=O)ncc4s3)[C@H](C)[C@H]12. The van der Waals surface area contributed by atoms with Crippen molar-refractivity contribution in [2.75, 3.05) is 6.79 Å². The van der Waals surface area contributed by atoms with Gasteiger partial charge < -0.3 is 25.2 Å². The van der Waals surface area contributed by atoms with Crippen LogP contribution in [0.4, 0.5) is 0 Å². The second-order valence-corrected chi connectivity index (χ2v) is 10.6. The first-order valence-electron chi connectivity index (χ1n) is 10.7. The summed E-state index contributed by atoms with van der Waals surface area (Å²) in [6.07, 6.45) is 2.24. The molecule has 0 aromatic carbocycles. The maximum atomic E-state index is 13.1. The highest BCUT2D eigenvalue weighted by Crippen LogP contribution is 2.51. The van der Waals surface area contributed by atoms with E-state index in [9.17, 15) is 24.3 Å². The van der Waals surface area contributed by atoms with E-state index in [2.05, 4.69) is 4.98 Å². The van der Waals surface area contributed by atoms with E-state index < -0.39 is 48.1 Å². The van der Waals surface area contributed by atoms with Crippen LogP contribution in [0.2, 0.25) is 0 Å². The molecular weight excluding hydrogens is 464 g/mol. The lowest BCUT2D eigenvalue weighted by atomic mass is 9.77. The summed E-state index contributed by atoms with van der Waals surface area (Å²) in [7, 11) is 0. The molecule has 1 fully saturated rings. The second-order valence-electron chi connectivity index (χ2n) is 9.50. The van der Waals surface area contributed by atoms with Crippen LogP contribution in [-0.4, -0.2) is 62.1 Å². The average Bonchev–Trinajstić information content (AvgIpc) is 3.36. The summed E-state index contributed by atoms with van der Waals surface area (Å²) < 4.78 is 11.8. The Labute approximate surface area is 199 Å². The van der Waals surface area contributed by atoms with Crippen LogP contribution in [0.15, 0.2) is 18.1 Å². The van der Waals surface area contributed by atoms with Crippen LogP contribution in [-0.2, 0) is 23.9 Å². The Balaban J connectivity index is 1.71. The van der Waals surface area contributed by atoms with Crippen LogP contribution in [0.3, 0.4) is 0 Å². The molecule has 182 valence electrons. The molecule has 4 heterocycles. The number of hydrogen-bond acceptors (Lipinski definition) is 9. The van der Waals surface area contributed by atoms with Gasteiger partial charge in [-0.2, -0.15) is 0 Å². The van der Waals surface area contributed by atoms with Gasteiger partial charge in [-0.15, -0.1) is 11.3 Å². The standard InChI is InChI=1S/C22H26N4O7S/c1-9-13(11-7-25-12(34-11)6-24-18(25)17(23)28)16(26-15(9)14(10(2)27)19(26)29)20(30)32-8-33-21(31)22(3,4)5/h6-7,9-10,14-15,27H,8H2,1-5H3,(H2,23,28)/t9-,10+,14+,15+/m0/s1. The van der Waals surface area contributed by atoms with E-state index in [4.69, 9.17) is 15.2 Å². The first-order chi connectivity index (χ1) is 15.8. The normalized spacial score (nSPS) is 23.1. The number of ether oxygens (including phenoxy) is 2. The van der Waals surface area contributed by atoms with Gasteiger partial charge in [-0.1, -0.05) is 6.92 Å². The number of aliphatic hydroxyl groups is 1. The lowest BCUT2D eigenvalue weighted by Gasteiger charge is -2.46. The molecule has 1 saturated heterocycles. The Morgan fingerprint density at radius 1 is 1.29 bits per heavy atom. The monoisotopic (exact) mass is 490 g/mol. The van der Waals surface area contributed by atoms with Crippen LogP contribution in [0.5, 0.6) is 0 Å². The van der Waals surface area contributed by atoms with Crippen LogP contribution >= 0.6 is 11.3 Å². The van der Waals surface area contributed by atoms with Gasteiger partial charge in [0.1, 0.15) is 10.5 Å². The van der Waals surface area contributed by atoms with E-state index in [-0.39, 0.29) is 23.3 Å². The van der Waals surface area contributed by atoms with Gasteiger partial charge in [0.15, 0.2) is 0 Å². The molecule has 4 atom stereocenters. The third-order valence-electron chi connectivity index (χ3n) is 6.07. The number of primary amides is 1. The van der Waals surface area contributed by atoms with Crippen molar-refractivity contribution < 1.29 is 33.8 Å². The van der Waals surface area contributed by atoms with E-state index in [1.54, 1.807) is 27.0 Å². The molecule has 2 aliphatic rings. The summed E-state index contributed by atoms with van der Waals surface area (Å²) in [6, 6.07) is -0.433. The number of carbonyl (C=O) groups is 4. The Bertz CT molecular complexity index is 1240. The fourth-order valence-corrected chi connectivity index (χ4v) is 5.53.